The second-order valence-corrected chi connectivity index (χ2v) is 5.85. The Bertz CT molecular complexity index is 836. The SMILES string of the molecule is Cc1cc(C(=O)N2Cc3[nH]cnc3C(c3ccccc3)C2)n[nH]1. The molecule has 0 aliphatic carbocycles. The third-order valence-electron chi connectivity index (χ3n) is 4.25. The van der Waals surface area contributed by atoms with E-state index < -0.39 is 0 Å². The molecule has 2 N–H and O–H groups in total. The van der Waals surface area contributed by atoms with E-state index in [0.717, 1.165) is 22.6 Å². The van der Waals surface area contributed by atoms with Gasteiger partial charge in [-0.05, 0) is 18.6 Å². The summed E-state index contributed by atoms with van der Waals surface area (Å²) in [5, 5.41) is 6.92. The van der Waals surface area contributed by atoms with Gasteiger partial charge in [-0.25, -0.2) is 4.98 Å². The summed E-state index contributed by atoms with van der Waals surface area (Å²) in [4.78, 5) is 22.2. The first-order chi connectivity index (χ1) is 11.2. The van der Waals surface area contributed by atoms with Crippen LogP contribution in [-0.4, -0.2) is 37.5 Å². The fourth-order valence-electron chi connectivity index (χ4n) is 3.11. The Kier molecular flexibility index (Phi) is 3.22. The first kappa shape index (κ1) is 13.8. The number of nitrogens with zero attached hydrogens (tertiary/aromatic N) is 3. The van der Waals surface area contributed by atoms with Crippen molar-refractivity contribution in [2.24, 2.45) is 0 Å². The highest BCUT2D eigenvalue weighted by molar-refractivity contribution is 5.92. The van der Waals surface area contributed by atoms with E-state index in [9.17, 15) is 4.79 Å². The van der Waals surface area contributed by atoms with Gasteiger partial charge in [0.15, 0.2) is 0 Å². The number of hydrogen-bond donors (Lipinski definition) is 2. The fraction of sp³-hybridized carbons (Fsp3) is 0.235. The standard InChI is InChI=1S/C17H17N5O/c1-11-7-14(21-20-11)17(23)22-8-13(12-5-3-2-4-6-12)16-15(9-22)18-10-19-16/h2-7,10,13H,8-9H2,1H3,(H,18,19)(H,20,21). The van der Waals surface area contributed by atoms with Crippen LogP contribution < -0.4 is 0 Å². The monoisotopic (exact) mass is 307 g/mol. The maximum Gasteiger partial charge on any atom is 0.274 e. The minimum Gasteiger partial charge on any atom is -0.347 e. The number of H-pyrrole nitrogens is 2. The van der Waals surface area contributed by atoms with Gasteiger partial charge in [0.1, 0.15) is 5.69 Å². The van der Waals surface area contributed by atoms with Gasteiger partial charge in [0.05, 0.1) is 24.3 Å². The second-order valence-electron chi connectivity index (χ2n) is 5.85. The third kappa shape index (κ3) is 2.42. The van der Waals surface area contributed by atoms with Gasteiger partial charge in [0, 0.05) is 18.2 Å². The highest BCUT2D eigenvalue weighted by Crippen LogP contribution is 2.31. The molecule has 1 aliphatic rings. The number of aromatic amines is 2. The average molecular weight is 307 g/mol. The lowest BCUT2D eigenvalue weighted by Crippen LogP contribution is -2.39. The smallest absolute Gasteiger partial charge is 0.274 e. The molecular formula is C17H17N5O. The van der Waals surface area contributed by atoms with Crippen LogP contribution in [0, 0.1) is 6.92 Å². The molecule has 6 nitrogen and oxygen atoms in total. The van der Waals surface area contributed by atoms with Crippen LogP contribution in [0.4, 0.5) is 0 Å². The van der Waals surface area contributed by atoms with Gasteiger partial charge in [0.2, 0.25) is 0 Å². The van der Waals surface area contributed by atoms with Gasteiger partial charge >= 0.3 is 0 Å². The van der Waals surface area contributed by atoms with Crippen LogP contribution in [0.5, 0.6) is 0 Å². The van der Waals surface area contributed by atoms with E-state index in [0.29, 0.717) is 18.8 Å². The van der Waals surface area contributed by atoms with Crippen molar-refractivity contribution in [2.75, 3.05) is 6.54 Å². The zero-order valence-corrected chi connectivity index (χ0v) is 12.8. The molecule has 0 spiro atoms. The minimum absolute atomic E-state index is 0.0597. The van der Waals surface area contributed by atoms with Crippen molar-refractivity contribution in [1.29, 1.82) is 0 Å². The van der Waals surface area contributed by atoms with Gasteiger partial charge in [-0.15, -0.1) is 0 Å². The number of hydrogen-bond acceptors (Lipinski definition) is 3. The number of aryl methyl sites for hydroxylation is 1. The molecule has 0 saturated heterocycles. The first-order valence-corrected chi connectivity index (χ1v) is 7.61. The first-order valence-electron chi connectivity index (χ1n) is 7.61. The summed E-state index contributed by atoms with van der Waals surface area (Å²) < 4.78 is 0. The highest BCUT2D eigenvalue weighted by Gasteiger charge is 2.32. The minimum atomic E-state index is -0.0597. The van der Waals surface area contributed by atoms with Crippen LogP contribution in [0.15, 0.2) is 42.7 Å². The van der Waals surface area contributed by atoms with Gasteiger partial charge in [-0.2, -0.15) is 5.10 Å². The Balaban J connectivity index is 1.68. The van der Waals surface area contributed by atoms with E-state index in [1.54, 1.807) is 12.4 Å². The maximum absolute atomic E-state index is 12.7. The molecule has 0 radical (unpaired) electrons. The second kappa shape index (κ2) is 5.39. The number of nitrogens with one attached hydrogen (secondary N) is 2. The molecule has 116 valence electrons. The highest BCUT2D eigenvalue weighted by atomic mass is 16.2. The Morgan fingerprint density at radius 1 is 1.30 bits per heavy atom. The van der Waals surface area contributed by atoms with E-state index in [-0.39, 0.29) is 11.8 Å². The summed E-state index contributed by atoms with van der Waals surface area (Å²) in [5.74, 6) is 0.0192. The van der Waals surface area contributed by atoms with Gasteiger partial charge in [0.25, 0.3) is 5.91 Å². The van der Waals surface area contributed by atoms with Crippen LogP contribution >= 0.6 is 0 Å². The van der Waals surface area contributed by atoms with E-state index in [1.807, 2.05) is 30.0 Å². The lowest BCUT2D eigenvalue weighted by atomic mass is 9.91. The molecule has 1 aromatic carbocycles. The fourth-order valence-corrected chi connectivity index (χ4v) is 3.11. The lowest BCUT2D eigenvalue weighted by molar-refractivity contribution is 0.0716. The molecule has 0 bridgehead atoms. The molecule has 3 heterocycles. The van der Waals surface area contributed by atoms with Crippen molar-refractivity contribution in [1.82, 2.24) is 25.1 Å². The molecule has 0 saturated carbocycles. The number of rotatable bonds is 2. The zero-order valence-electron chi connectivity index (χ0n) is 12.8. The van der Waals surface area contributed by atoms with E-state index in [4.69, 9.17) is 0 Å². The quantitative estimate of drug-likeness (QED) is 0.762. The molecular weight excluding hydrogens is 290 g/mol. The molecule has 6 heteroatoms. The predicted molar refractivity (Wildman–Crippen MR) is 84.9 cm³/mol. The van der Waals surface area contributed by atoms with Crippen molar-refractivity contribution in [3.05, 3.63) is 71.1 Å². The number of amides is 1. The van der Waals surface area contributed by atoms with Crippen molar-refractivity contribution in [3.8, 4) is 0 Å². The number of carbonyl (C=O) groups is 1. The van der Waals surface area contributed by atoms with Gasteiger partial charge in [-0.3, -0.25) is 9.89 Å². The largest absolute Gasteiger partial charge is 0.347 e. The molecule has 1 unspecified atom stereocenters. The number of fused-ring (bicyclic) bond motifs is 1. The van der Waals surface area contributed by atoms with Crippen LogP contribution in [0.2, 0.25) is 0 Å². The topological polar surface area (TPSA) is 77.7 Å². The molecule has 1 aliphatic heterocycles. The average Bonchev–Trinajstić information content (AvgIpc) is 3.22. The summed E-state index contributed by atoms with van der Waals surface area (Å²) in [6.07, 6.45) is 1.70. The Morgan fingerprint density at radius 3 is 2.87 bits per heavy atom. The third-order valence-corrected chi connectivity index (χ3v) is 4.25. The van der Waals surface area contributed by atoms with Gasteiger partial charge in [-0.1, -0.05) is 30.3 Å². The number of imidazole rings is 1. The van der Waals surface area contributed by atoms with Crippen LogP contribution in [-0.2, 0) is 6.54 Å². The molecule has 1 amide bonds. The molecule has 2 aromatic heterocycles. The summed E-state index contributed by atoms with van der Waals surface area (Å²) in [6.45, 7) is 3.02. The van der Waals surface area contributed by atoms with Crippen molar-refractivity contribution in [2.45, 2.75) is 19.4 Å². The summed E-state index contributed by atoms with van der Waals surface area (Å²) in [7, 11) is 0. The van der Waals surface area contributed by atoms with Crippen LogP contribution in [0.25, 0.3) is 0 Å². The van der Waals surface area contributed by atoms with Crippen LogP contribution in [0.1, 0.15) is 39.1 Å². The van der Waals surface area contributed by atoms with Crippen LogP contribution in [0.3, 0.4) is 0 Å². The predicted octanol–water partition coefficient (Wildman–Crippen LogP) is 2.23. The maximum atomic E-state index is 12.7. The van der Waals surface area contributed by atoms with Gasteiger partial charge < -0.3 is 9.88 Å². The lowest BCUT2D eigenvalue weighted by Gasteiger charge is -2.31. The molecule has 4 rings (SSSR count). The van der Waals surface area contributed by atoms with E-state index in [2.05, 4.69) is 32.3 Å². The Morgan fingerprint density at radius 2 is 2.13 bits per heavy atom. The Hall–Kier alpha value is -2.89. The molecule has 3 aromatic rings. The van der Waals surface area contributed by atoms with Crippen molar-refractivity contribution >= 4 is 5.91 Å². The van der Waals surface area contributed by atoms with Crippen molar-refractivity contribution in [3.63, 3.8) is 0 Å². The summed E-state index contributed by atoms with van der Waals surface area (Å²) in [6, 6.07) is 12.0. The number of carbonyl (C=O) groups excluding carboxylic acids is 1. The Labute approximate surface area is 133 Å². The molecule has 1 atom stereocenters. The molecule has 0 fully saturated rings. The molecule has 23 heavy (non-hydrogen) atoms. The summed E-state index contributed by atoms with van der Waals surface area (Å²) >= 11 is 0. The number of aromatic nitrogens is 4. The zero-order chi connectivity index (χ0) is 15.8. The van der Waals surface area contributed by atoms with Crippen molar-refractivity contribution < 1.29 is 4.79 Å². The van der Waals surface area contributed by atoms with E-state index >= 15 is 0 Å². The number of benzene rings is 1. The van der Waals surface area contributed by atoms with E-state index in [1.165, 1.54) is 0 Å². The summed E-state index contributed by atoms with van der Waals surface area (Å²) in [5.41, 5.74) is 4.52. The normalized spacial score (nSPS) is 17.1.